The van der Waals surface area contributed by atoms with Gasteiger partial charge in [0.25, 0.3) is 6.01 Å². The highest BCUT2D eigenvalue weighted by molar-refractivity contribution is 7.92. The normalized spacial score (nSPS) is 23.4. The molecule has 2 saturated heterocycles. The molecule has 0 bridgehead atoms. The number of halogens is 1. The zero-order valence-corrected chi connectivity index (χ0v) is 21.7. The molecule has 192 valence electrons. The second-order valence-corrected chi connectivity index (χ2v) is 12.4. The average molecular weight is 541 g/mol. The number of benzene rings is 2. The molecule has 2 aromatic carbocycles. The Balaban J connectivity index is 1.22. The van der Waals surface area contributed by atoms with Crippen molar-refractivity contribution in [2.75, 3.05) is 25.7 Å². The van der Waals surface area contributed by atoms with E-state index in [2.05, 4.69) is 14.3 Å². The molecule has 11 heteroatoms. The lowest BCUT2D eigenvalue weighted by Crippen LogP contribution is -2.34. The van der Waals surface area contributed by atoms with Crippen molar-refractivity contribution in [3.05, 3.63) is 59.6 Å². The molecule has 4 aromatic rings. The summed E-state index contributed by atoms with van der Waals surface area (Å²) in [7, 11) is -2.20. The molecule has 2 N–H and O–H groups in total. The second-order valence-electron chi connectivity index (χ2n) is 9.44. The number of aromatic amines is 1. The van der Waals surface area contributed by atoms with Gasteiger partial charge in [-0.25, -0.2) is 9.19 Å². The number of hydrogen-bond acceptors (Lipinski definition) is 8. The van der Waals surface area contributed by atoms with Crippen molar-refractivity contribution in [1.29, 1.82) is 0 Å². The van der Waals surface area contributed by atoms with Gasteiger partial charge in [0, 0.05) is 27.8 Å². The van der Waals surface area contributed by atoms with Crippen LogP contribution in [0.2, 0.25) is 5.02 Å². The fourth-order valence-corrected chi connectivity index (χ4v) is 5.51. The van der Waals surface area contributed by atoms with Crippen LogP contribution in [0.4, 0.5) is 5.69 Å². The van der Waals surface area contributed by atoms with Crippen molar-refractivity contribution in [3.8, 4) is 28.4 Å². The molecular formula is C26H25ClN4O5S. The van der Waals surface area contributed by atoms with Gasteiger partial charge in [-0.2, -0.15) is 9.35 Å². The lowest BCUT2D eigenvalue weighted by Gasteiger charge is -2.15. The maximum absolute atomic E-state index is 11.9. The minimum atomic E-state index is -2.20. The SMILES string of the molecule is CS(C)(=O)=Nc1ccc(-c2ccc(-c3nc4[nH]c(O[C@@H]5COC6C5OC[C@H]6O)nc4cc3Cl)cc2)cc1. The first-order valence-electron chi connectivity index (χ1n) is 11.8. The van der Waals surface area contributed by atoms with Crippen LogP contribution in [0.1, 0.15) is 0 Å². The molecule has 2 fully saturated rings. The number of imidazole rings is 1. The molecule has 0 radical (unpaired) electrons. The molecule has 4 heterocycles. The van der Waals surface area contributed by atoms with Crippen molar-refractivity contribution in [3.63, 3.8) is 0 Å². The first-order valence-corrected chi connectivity index (χ1v) is 14.5. The van der Waals surface area contributed by atoms with Gasteiger partial charge in [-0.05, 0) is 29.3 Å². The number of nitrogens with zero attached hydrogens (tertiary/aromatic N) is 3. The lowest BCUT2D eigenvalue weighted by molar-refractivity contribution is 0.00706. The van der Waals surface area contributed by atoms with Crippen molar-refractivity contribution >= 4 is 38.2 Å². The van der Waals surface area contributed by atoms with Gasteiger partial charge in [-0.3, -0.25) is 4.98 Å². The third kappa shape index (κ3) is 4.95. The number of aliphatic hydroxyl groups excluding tert-OH is 1. The van der Waals surface area contributed by atoms with Gasteiger partial charge in [0.2, 0.25) is 0 Å². The number of aromatic nitrogens is 3. The summed E-state index contributed by atoms with van der Waals surface area (Å²) in [4.78, 5) is 12.3. The minimum Gasteiger partial charge on any atom is -0.456 e. The van der Waals surface area contributed by atoms with Crippen LogP contribution in [-0.4, -0.2) is 74.4 Å². The molecule has 2 aliphatic heterocycles. The maximum Gasteiger partial charge on any atom is 0.296 e. The molecule has 0 aliphatic carbocycles. The summed E-state index contributed by atoms with van der Waals surface area (Å²) in [5.41, 5.74) is 5.34. The van der Waals surface area contributed by atoms with E-state index in [0.29, 0.717) is 40.2 Å². The largest absolute Gasteiger partial charge is 0.456 e. The summed E-state index contributed by atoms with van der Waals surface area (Å²) >= 11 is 6.57. The molecule has 2 aromatic heterocycles. The number of hydrogen-bond donors (Lipinski definition) is 2. The highest BCUT2D eigenvalue weighted by Gasteiger charge is 2.48. The van der Waals surface area contributed by atoms with Gasteiger partial charge in [0.1, 0.15) is 23.8 Å². The summed E-state index contributed by atoms with van der Waals surface area (Å²) < 4.78 is 33.3. The Hall–Kier alpha value is -3.02. The van der Waals surface area contributed by atoms with Crippen LogP contribution in [0.25, 0.3) is 33.5 Å². The van der Waals surface area contributed by atoms with Gasteiger partial charge < -0.3 is 19.3 Å². The maximum atomic E-state index is 11.9. The lowest BCUT2D eigenvalue weighted by atomic mass is 10.0. The monoisotopic (exact) mass is 540 g/mol. The van der Waals surface area contributed by atoms with Crippen molar-refractivity contribution in [1.82, 2.24) is 15.0 Å². The van der Waals surface area contributed by atoms with Crippen molar-refractivity contribution in [2.45, 2.75) is 24.4 Å². The van der Waals surface area contributed by atoms with Crippen LogP contribution in [0.5, 0.6) is 6.01 Å². The molecule has 37 heavy (non-hydrogen) atoms. The first kappa shape index (κ1) is 24.3. The van der Waals surface area contributed by atoms with Gasteiger partial charge in [0.15, 0.2) is 11.8 Å². The number of H-pyrrole nitrogens is 1. The predicted octanol–water partition coefficient (Wildman–Crippen LogP) is 4.21. The third-order valence-electron chi connectivity index (χ3n) is 6.33. The molecule has 6 rings (SSSR count). The first-order chi connectivity index (χ1) is 17.7. The quantitative estimate of drug-likeness (QED) is 0.389. The molecule has 0 amide bonds. The van der Waals surface area contributed by atoms with E-state index < -0.39 is 15.8 Å². The van der Waals surface area contributed by atoms with Gasteiger partial charge in [0.05, 0.1) is 29.6 Å². The zero-order valence-electron chi connectivity index (χ0n) is 20.1. The average Bonchev–Trinajstić information content (AvgIpc) is 3.55. The van der Waals surface area contributed by atoms with Crippen molar-refractivity contribution < 1.29 is 23.5 Å². The van der Waals surface area contributed by atoms with Crippen LogP contribution in [0, 0.1) is 0 Å². The summed E-state index contributed by atoms with van der Waals surface area (Å²) in [5.74, 6) is 0. The third-order valence-corrected chi connectivity index (χ3v) is 7.27. The fraction of sp³-hybridized carbons (Fsp3) is 0.308. The number of nitrogens with one attached hydrogen (secondary N) is 1. The van der Waals surface area contributed by atoms with E-state index in [9.17, 15) is 9.32 Å². The number of rotatable bonds is 5. The Labute approximate surface area is 219 Å². The Morgan fingerprint density at radius 2 is 1.65 bits per heavy atom. The van der Waals surface area contributed by atoms with E-state index in [0.717, 1.165) is 16.7 Å². The fourth-order valence-electron chi connectivity index (χ4n) is 4.63. The smallest absolute Gasteiger partial charge is 0.296 e. The highest BCUT2D eigenvalue weighted by atomic mass is 35.5. The second kappa shape index (κ2) is 9.38. The van der Waals surface area contributed by atoms with Crippen LogP contribution < -0.4 is 4.74 Å². The number of pyridine rings is 1. The topological polar surface area (TPSA) is 119 Å². The summed E-state index contributed by atoms with van der Waals surface area (Å²) in [6.07, 6.45) is 1.50. The summed E-state index contributed by atoms with van der Waals surface area (Å²) in [6.45, 7) is 0.542. The van der Waals surface area contributed by atoms with E-state index in [-0.39, 0.29) is 24.9 Å². The molecule has 9 nitrogen and oxygen atoms in total. The molecule has 2 aliphatic rings. The summed E-state index contributed by atoms with van der Waals surface area (Å²) in [6, 6.07) is 17.6. The molecule has 0 spiro atoms. The van der Waals surface area contributed by atoms with Gasteiger partial charge in [-0.15, -0.1) is 0 Å². The number of ether oxygens (including phenoxy) is 3. The molecule has 4 atom stereocenters. The Bertz CT molecular complexity index is 1570. The van der Waals surface area contributed by atoms with Gasteiger partial charge >= 0.3 is 0 Å². The Morgan fingerprint density at radius 1 is 1.00 bits per heavy atom. The van der Waals surface area contributed by atoms with Crippen molar-refractivity contribution in [2.24, 2.45) is 4.36 Å². The molecule has 2 unspecified atom stereocenters. The van der Waals surface area contributed by atoms with E-state index in [1.807, 2.05) is 48.5 Å². The van der Waals surface area contributed by atoms with Gasteiger partial charge in [-0.1, -0.05) is 48.0 Å². The predicted molar refractivity (Wildman–Crippen MR) is 142 cm³/mol. The van der Waals surface area contributed by atoms with E-state index in [1.165, 1.54) is 0 Å². The summed E-state index contributed by atoms with van der Waals surface area (Å²) in [5, 5.41) is 10.4. The van der Waals surface area contributed by atoms with Crippen LogP contribution in [0.15, 0.2) is 59.0 Å². The Morgan fingerprint density at radius 3 is 2.35 bits per heavy atom. The molecular weight excluding hydrogens is 516 g/mol. The van der Waals surface area contributed by atoms with Crippen LogP contribution >= 0.6 is 11.6 Å². The van der Waals surface area contributed by atoms with Crippen LogP contribution in [0.3, 0.4) is 0 Å². The molecule has 0 saturated carbocycles. The number of fused-ring (bicyclic) bond motifs is 2. The minimum absolute atomic E-state index is 0.233. The number of aliphatic hydroxyl groups is 1. The van der Waals surface area contributed by atoms with E-state index in [1.54, 1.807) is 18.6 Å². The van der Waals surface area contributed by atoms with E-state index in [4.69, 9.17) is 30.8 Å². The highest BCUT2D eigenvalue weighted by Crippen LogP contribution is 2.33. The van der Waals surface area contributed by atoms with Crippen LogP contribution in [-0.2, 0) is 19.2 Å². The Kier molecular flexibility index (Phi) is 6.16. The van der Waals surface area contributed by atoms with E-state index >= 15 is 0 Å². The zero-order chi connectivity index (χ0) is 25.7. The standard InChI is InChI=1S/C26H25ClN4O5S/c1-37(2,33)31-17-9-7-15(8-10-17)14-3-5-16(6-4-14)22-18(27)11-19-25(29-22)30-26(28-19)36-21-13-35-23-20(32)12-34-24(21)23/h3-11,20-21,23-24,32H,12-13H2,1-2H3,(H,28,29,30)/t20-,21-,23?,24?/m1/s1.